The van der Waals surface area contributed by atoms with E-state index in [4.69, 9.17) is 0 Å². The zero-order valence-corrected chi connectivity index (χ0v) is 14.2. The van der Waals surface area contributed by atoms with Gasteiger partial charge in [-0.3, -0.25) is 4.79 Å². The van der Waals surface area contributed by atoms with Crippen LogP contribution in [0.1, 0.15) is 37.4 Å². The van der Waals surface area contributed by atoms with Gasteiger partial charge in [0.15, 0.2) is 5.67 Å². The van der Waals surface area contributed by atoms with E-state index in [0.717, 1.165) is 5.69 Å². The number of carbonyl (C=O) groups excluding carboxylic acids is 1. The molecule has 7 heteroatoms. The fourth-order valence-corrected chi connectivity index (χ4v) is 3.14. The summed E-state index contributed by atoms with van der Waals surface area (Å²) in [6.45, 7) is 4.07. The molecule has 1 amide bonds. The average Bonchev–Trinajstić information content (AvgIpc) is 3.09. The molecule has 2 aromatic rings. The van der Waals surface area contributed by atoms with Gasteiger partial charge >= 0.3 is 0 Å². The minimum Gasteiger partial charge on any atom is -0.335 e. The summed E-state index contributed by atoms with van der Waals surface area (Å²) in [6, 6.07) is 7.87. The third-order valence-electron chi connectivity index (χ3n) is 5.00. The molecule has 1 aliphatic heterocycles. The van der Waals surface area contributed by atoms with E-state index < -0.39 is 17.8 Å². The summed E-state index contributed by atoms with van der Waals surface area (Å²) in [5.41, 5.74) is 0.520. The van der Waals surface area contributed by atoms with Crippen molar-refractivity contribution >= 4 is 5.91 Å². The molecule has 0 N–H and O–H groups in total. The molecule has 2 atom stereocenters. The van der Waals surface area contributed by atoms with Gasteiger partial charge in [0.2, 0.25) is 5.91 Å². The molecule has 4 rings (SSSR count). The number of benzene rings is 1. The van der Waals surface area contributed by atoms with Crippen molar-refractivity contribution in [3.8, 4) is 5.69 Å². The molecule has 1 aliphatic carbocycles. The topological polar surface area (TPSA) is 51.0 Å². The smallest absolute Gasteiger partial charge is 0.228 e. The van der Waals surface area contributed by atoms with Gasteiger partial charge < -0.3 is 4.90 Å². The van der Waals surface area contributed by atoms with Gasteiger partial charge in [-0.1, -0.05) is 31.2 Å². The molecule has 132 valence electrons. The van der Waals surface area contributed by atoms with Gasteiger partial charge in [0, 0.05) is 0 Å². The first-order chi connectivity index (χ1) is 11.9. The van der Waals surface area contributed by atoms with Crippen molar-refractivity contribution in [1.82, 2.24) is 19.9 Å². The largest absolute Gasteiger partial charge is 0.335 e. The Labute approximate surface area is 144 Å². The highest BCUT2D eigenvalue weighted by Crippen LogP contribution is 2.41. The van der Waals surface area contributed by atoms with E-state index >= 15 is 0 Å². The minimum absolute atomic E-state index is 0.0833. The van der Waals surface area contributed by atoms with Crippen LogP contribution in [0.2, 0.25) is 0 Å². The lowest BCUT2D eigenvalue weighted by molar-refractivity contribution is -0.148. The van der Waals surface area contributed by atoms with Crippen LogP contribution in [0.5, 0.6) is 0 Å². The lowest BCUT2D eigenvalue weighted by atomic mass is 9.92. The maximum Gasteiger partial charge on any atom is 0.228 e. The molecule has 2 unspecified atom stereocenters. The summed E-state index contributed by atoms with van der Waals surface area (Å²) in [7, 11) is 0. The Morgan fingerprint density at radius 1 is 1.28 bits per heavy atom. The van der Waals surface area contributed by atoms with E-state index in [1.807, 2.05) is 24.3 Å². The second-order valence-corrected chi connectivity index (χ2v) is 7.31. The summed E-state index contributed by atoms with van der Waals surface area (Å²) in [6.07, 6.45) is 0.759. The summed E-state index contributed by atoms with van der Waals surface area (Å²) in [5.74, 6) is -0.430. The Kier molecular flexibility index (Phi) is 3.63. The number of hydrogen-bond acceptors (Lipinski definition) is 3. The molecular formula is C18H20F2N4O. The molecule has 1 saturated carbocycles. The molecule has 5 nitrogen and oxygen atoms in total. The van der Waals surface area contributed by atoms with E-state index in [1.54, 1.807) is 6.20 Å². The minimum atomic E-state index is -1.70. The molecular weight excluding hydrogens is 326 g/mol. The fourth-order valence-electron chi connectivity index (χ4n) is 3.14. The zero-order chi connectivity index (χ0) is 17.8. The van der Waals surface area contributed by atoms with Crippen molar-refractivity contribution in [1.29, 1.82) is 0 Å². The molecule has 1 saturated heterocycles. The monoisotopic (exact) mass is 346 g/mol. The van der Waals surface area contributed by atoms with Crippen LogP contribution in [0.25, 0.3) is 5.69 Å². The molecule has 2 heterocycles. The standard InChI is InChI=1S/C18H20F2N4O/c1-11(2)12-3-5-13(6-4-12)24-8-16(21-22-24)18(20)9-23(10-18)17(25)14-7-15(14)19/h3-6,8,11,14-15H,7,9-10H2,1-2H3. The van der Waals surface area contributed by atoms with E-state index in [-0.39, 0.29) is 31.1 Å². The molecule has 1 aromatic heterocycles. The van der Waals surface area contributed by atoms with Gasteiger partial charge in [0.25, 0.3) is 0 Å². The van der Waals surface area contributed by atoms with Crippen molar-refractivity contribution < 1.29 is 13.6 Å². The number of halogens is 2. The van der Waals surface area contributed by atoms with Crippen LogP contribution < -0.4 is 0 Å². The highest BCUT2D eigenvalue weighted by atomic mass is 19.1. The number of hydrogen-bond donors (Lipinski definition) is 0. The number of aromatic nitrogens is 3. The normalized spacial score (nSPS) is 24.3. The Morgan fingerprint density at radius 2 is 1.92 bits per heavy atom. The number of rotatable bonds is 4. The number of amides is 1. The summed E-state index contributed by atoms with van der Waals surface area (Å²) < 4.78 is 29.4. The maximum atomic E-state index is 14.9. The van der Waals surface area contributed by atoms with Gasteiger partial charge in [0.05, 0.1) is 30.9 Å². The average molecular weight is 346 g/mol. The Bertz CT molecular complexity index is 796. The predicted molar refractivity (Wildman–Crippen MR) is 87.8 cm³/mol. The van der Waals surface area contributed by atoms with Crippen molar-refractivity contribution in [3.05, 3.63) is 41.7 Å². The van der Waals surface area contributed by atoms with E-state index in [1.165, 1.54) is 15.1 Å². The van der Waals surface area contributed by atoms with Crippen LogP contribution in [-0.2, 0) is 10.5 Å². The first-order valence-electron chi connectivity index (χ1n) is 8.52. The summed E-state index contributed by atoms with van der Waals surface area (Å²) >= 11 is 0. The van der Waals surface area contributed by atoms with Gasteiger partial charge in [-0.25, -0.2) is 13.5 Å². The summed E-state index contributed by atoms with van der Waals surface area (Å²) in [5, 5.41) is 7.94. The number of likely N-dealkylation sites (tertiary alicyclic amines) is 1. The molecule has 0 radical (unpaired) electrons. The van der Waals surface area contributed by atoms with Crippen LogP contribution in [-0.4, -0.2) is 45.1 Å². The summed E-state index contributed by atoms with van der Waals surface area (Å²) in [4.78, 5) is 13.3. The second-order valence-electron chi connectivity index (χ2n) is 7.31. The van der Waals surface area contributed by atoms with E-state index in [9.17, 15) is 13.6 Å². The molecule has 2 aliphatic rings. The number of alkyl halides is 2. The van der Waals surface area contributed by atoms with Gasteiger partial charge in [0.1, 0.15) is 11.9 Å². The van der Waals surface area contributed by atoms with E-state index in [0.29, 0.717) is 5.92 Å². The fraction of sp³-hybridized carbons (Fsp3) is 0.500. The maximum absolute atomic E-state index is 14.9. The third-order valence-corrected chi connectivity index (χ3v) is 5.00. The molecule has 2 fully saturated rings. The molecule has 1 aromatic carbocycles. The van der Waals surface area contributed by atoms with Crippen LogP contribution >= 0.6 is 0 Å². The Balaban J connectivity index is 1.45. The second kappa shape index (κ2) is 5.61. The quantitative estimate of drug-likeness (QED) is 0.855. The van der Waals surface area contributed by atoms with Crippen LogP contribution in [0.3, 0.4) is 0 Å². The predicted octanol–water partition coefficient (Wildman–Crippen LogP) is 2.76. The molecule has 0 bridgehead atoms. The Morgan fingerprint density at radius 3 is 2.48 bits per heavy atom. The van der Waals surface area contributed by atoms with Crippen LogP contribution in [0, 0.1) is 5.92 Å². The SMILES string of the molecule is CC(C)c1ccc(-n2cc(C3(F)CN(C(=O)C4CC4F)C3)nn2)cc1. The number of carbonyl (C=O) groups is 1. The Hall–Kier alpha value is -2.31. The van der Waals surface area contributed by atoms with Crippen LogP contribution in [0.4, 0.5) is 8.78 Å². The highest BCUT2D eigenvalue weighted by molar-refractivity contribution is 5.83. The zero-order valence-electron chi connectivity index (χ0n) is 14.2. The van der Waals surface area contributed by atoms with E-state index in [2.05, 4.69) is 24.2 Å². The molecule has 25 heavy (non-hydrogen) atoms. The van der Waals surface area contributed by atoms with Crippen LogP contribution in [0.15, 0.2) is 30.5 Å². The van der Waals surface area contributed by atoms with Gasteiger partial charge in [-0.05, 0) is 30.0 Å². The van der Waals surface area contributed by atoms with Gasteiger partial charge in [-0.2, -0.15) is 0 Å². The van der Waals surface area contributed by atoms with Crippen molar-refractivity contribution in [2.24, 2.45) is 5.92 Å². The van der Waals surface area contributed by atoms with Crippen molar-refractivity contribution in [3.63, 3.8) is 0 Å². The van der Waals surface area contributed by atoms with Crippen molar-refractivity contribution in [2.75, 3.05) is 13.1 Å². The highest BCUT2D eigenvalue weighted by Gasteiger charge is 2.54. The first-order valence-corrected chi connectivity index (χ1v) is 8.52. The third kappa shape index (κ3) is 2.81. The molecule has 0 spiro atoms. The lowest BCUT2D eigenvalue weighted by Crippen LogP contribution is -2.59. The lowest BCUT2D eigenvalue weighted by Gasteiger charge is -2.43. The first kappa shape index (κ1) is 16.2. The van der Waals surface area contributed by atoms with Gasteiger partial charge in [-0.15, -0.1) is 5.10 Å². The number of nitrogens with zero attached hydrogens (tertiary/aromatic N) is 4. The van der Waals surface area contributed by atoms with Crippen molar-refractivity contribution in [2.45, 2.75) is 38.0 Å².